The molecular formula is C13H17ClN2. The van der Waals surface area contributed by atoms with Gasteiger partial charge < -0.3 is 10.3 Å². The van der Waals surface area contributed by atoms with Gasteiger partial charge in [0, 0.05) is 29.1 Å². The highest BCUT2D eigenvalue weighted by atomic mass is 35.5. The molecule has 1 aliphatic carbocycles. The van der Waals surface area contributed by atoms with Crippen LogP contribution < -0.4 is 5.32 Å². The second kappa shape index (κ2) is 4.48. The molecule has 0 bridgehead atoms. The third-order valence-corrected chi connectivity index (χ3v) is 3.50. The topological polar surface area (TPSA) is 27.8 Å². The van der Waals surface area contributed by atoms with Crippen LogP contribution in [-0.2, 0) is 12.8 Å². The molecule has 0 radical (unpaired) electrons. The van der Waals surface area contributed by atoms with Gasteiger partial charge in [-0.15, -0.1) is 12.4 Å². The van der Waals surface area contributed by atoms with E-state index in [0.717, 1.165) is 6.42 Å². The summed E-state index contributed by atoms with van der Waals surface area (Å²) in [6.07, 6.45) is 3.59. The fourth-order valence-electron chi connectivity index (χ4n) is 2.63. The lowest BCUT2D eigenvalue weighted by Crippen LogP contribution is -2.31. The zero-order valence-electron chi connectivity index (χ0n) is 9.42. The summed E-state index contributed by atoms with van der Waals surface area (Å²) in [5, 5.41) is 4.79. The molecule has 0 saturated carbocycles. The van der Waals surface area contributed by atoms with Gasteiger partial charge in [-0.2, -0.15) is 0 Å². The molecule has 1 heterocycles. The number of likely N-dealkylation sites (N-methyl/N-ethyl adjacent to an activating group) is 1. The van der Waals surface area contributed by atoms with E-state index in [-0.39, 0.29) is 12.4 Å². The highest BCUT2D eigenvalue weighted by Gasteiger charge is 2.20. The van der Waals surface area contributed by atoms with Gasteiger partial charge in [-0.1, -0.05) is 18.2 Å². The van der Waals surface area contributed by atoms with Crippen molar-refractivity contribution < 1.29 is 0 Å². The minimum absolute atomic E-state index is 0. The van der Waals surface area contributed by atoms with Gasteiger partial charge >= 0.3 is 0 Å². The fourth-order valence-corrected chi connectivity index (χ4v) is 2.63. The van der Waals surface area contributed by atoms with Crippen molar-refractivity contribution in [2.75, 3.05) is 7.05 Å². The molecule has 3 heteroatoms. The Kier molecular flexibility index (Phi) is 3.22. The second-order valence-corrected chi connectivity index (χ2v) is 4.36. The molecule has 86 valence electrons. The molecule has 3 rings (SSSR count). The quantitative estimate of drug-likeness (QED) is 0.783. The van der Waals surface area contributed by atoms with E-state index >= 15 is 0 Å². The summed E-state index contributed by atoms with van der Waals surface area (Å²) < 4.78 is 0. The number of hydrogen-bond donors (Lipinski definition) is 2. The molecule has 1 atom stereocenters. The first-order valence-electron chi connectivity index (χ1n) is 5.64. The van der Waals surface area contributed by atoms with Crippen LogP contribution in [0.25, 0.3) is 10.9 Å². The van der Waals surface area contributed by atoms with Gasteiger partial charge in [-0.25, -0.2) is 0 Å². The standard InChI is InChI=1S/C13H16N2.ClH/c1-14-9-6-7-11-10-4-2-3-5-12(10)15-13(11)8-9;/h2-5,9,14-15H,6-8H2,1H3;1H. The molecule has 1 aromatic carbocycles. The summed E-state index contributed by atoms with van der Waals surface area (Å²) in [6, 6.07) is 9.26. The van der Waals surface area contributed by atoms with Gasteiger partial charge in [-0.3, -0.25) is 0 Å². The average molecular weight is 237 g/mol. The van der Waals surface area contributed by atoms with Crippen LogP contribution in [0.4, 0.5) is 0 Å². The van der Waals surface area contributed by atoms with Crippen LogP contribution in [0.1, 0.15) is 17.7 Å². The molecule has 0 spiro atoms. The van der Waals surface area contributed by atoms with Crippen molar-refractivity contribution in [2.45, 2.75) is 25.3 Å². The summed E-state index contributed by atoms with van der Waals surface area (Å²) in [7, 11) is 2.05. The molecular weight excluding hydrogens is 220 g/mol. The largest absolute Gasteiger partial charge is 0.358 e. The van der Waals surface area contributed by atoms with E-state index in [2.05, 4.69) is 41.6 Å². The van der Waals surface area contributed by atoms with E-state index < -0.39 is 0 Å². The summed E-state index contributed by atoms with van der Waals surface area (Å²) in [6.45, 7) is 0. The molecule has 1 aromatic heterocycles. The number of nitrogens with one attached hydrogen (secondary N) is 2. The summed E-state index contributed by atoms with van der Waals surface area (Å²) in [5.74, 6) is 0. The summed E-state index contributed by atoms with van der Waals surface area (Å²) in [4.78, 5) is 3.54. The van der Waals surface area contributed by atoms with Crippen molar-refractivity contribution in [3.63, 3.8) is 0 Å². The lowest BCUT2D eigenvalue weighted by molar-refractivity contribution is 0.493. The molecule has 0 saturated heterocycles. The minimum atomic E-state index is 0. The third-order valence-electron chi connectivity index (χ3n) is 3.50. The molecule has 16 heavy (non-hydrogen) atoms. The molecule has 1 unspecified atom stereocenters. The predicted molar refractivity (Wildman–Crippen MR) is 70.4 cm³/mol. The first kappa shape index (κ1) is 11.5. The highest BCUT2D eigenvalue weighted by Crippen LogP contribution is 2.28. The predicted octanol–water partition coefficient (Wildman–Crippen LogP) is 2.67. The first-order valence-corrected chi connectivity index (χ1v) is 5.64. The molecule has 2 N–H and O–H groups in total. The Labute approximate surface area is 102 Å². The third kappa shape index (κ3) is 1.72. The Bertz CT molecular complexity index is 490. The Morgan fingerprint density at radius 2 is 2.12 bits per heavy atom. The van der Waals surface area contributed by atoms with Crippen molar-refractivity contribution in [2.24, 2.45) is 0 Å². The van der Waals surface area contributed by atoms with Crippen LogP contribution in [0.3, 0.4) is 0 Å². The summed E-state index contributed by atoms with van der Waals surface area (Å²) in [5.41, 5.74) is 4.26. The van der Waals surface area contributed by atoms with Crippen LogP contribution in [0.2, 0.25) is 0 Å². The van der Waals surface area contributed by atoms with E-state index in [4.69, 9.17) is 0 Å². The number of rotatable bonds is 1. The Hall–Kier alpha value is -0.990. The van der Waals surface area contributed by atoms with Crippen molar-refractivity contribution in [3.05, 3.63) is 35.5 Å². The number of H-pyrrole nitrogens is 1. The zero-order chi connectivity index (χ0) is 10.3. The SMILES string of the molecule is CNC1CCc2c([nH]c3ccccc23)C1.Cl. The maximum absolute atomic E-state index is 3.54. The number of para-hydroxylation sites is 1. The molecule has 0 amide bonds. The zero-order valence-corrected chi connectivity index (χ0v) is 10.2. The number of fused-ring (bicyclic) bond motifs is 3. The normalized spacial score (nSPS) is 19.2. The van der Waals surface area contributed by atoms with Gasteiger partial charge in [0.25, 0.3) is 0 Å². The van der Waals surface area contributed by atoms with Crippen molar-refractivity contribution in [1.29, 1.82) is 0 Å². The number of aromatic nitrogens is 1. The molecule has 0 fully saturated rings. The highest BCUT2D eigenvalue weighted by molar-refractivity contribution is 5.85. The number of halogens is 1. The van der Waals surface area contributed by atoms with E-state index in [1.807, 2.05) is 0 Å². The monoisotopic (exact) mass is 236 g/mol. The van der Waals surface area contributed by atoms with Crippen molar-refractivity contribution >= 4 is 23.3 Å². The fraction of sp³-hybridized carbons (Fsp3) is 0.385. The molecule has 2 aromatic rings. The van der Waals surface area contributed by atoms with Crippen LogP contribution in [0.5, 0.6) is 0 Å². The number of benzene rings is 1. The lowest BCUT2D eigenvalue weighted by Gasteiger charge is -2.21. The van der Waals surface area contributed by atoms with Gasteiger partial charge in [0.05, 0.1) is 0 Å². The maximum atomic E-state index is 3.54. The van der Waals surface area contributed by atoms with Crippen LogP contribution in [0.15, 0.2) is 24.3 Å². The van der Waals surface area contributed by atoms with Crippen LogP contribution >= 0.6 is 12.4 Å². The molecule has 1 aliphatic rings. The van der Waals surface area contributed by atoms with Gasteiger partial charge in [0.2, 0.25) is 0 Å². The number of hydrogen-bond acceptors (Lipinski definition) is 1. The Morgan fingerprint density at radius 1 is 1.31 bits per heavy atom. The maximum Gasteiger partial charge on any atom is 0.0458 e. The number of aryl methyl sites for hydroxylation is 1. The van der Waals surface area contributed by atoms with E-state index in [1.54, 1.807) is 0 Å². The molecule has 0 aliphatic heterocycles. The van der Waals surface area contributed by atoms with Crippen LogP contribution in [-0.4, -0.2) is 18.1 Å². The van der Waals surface area contributed by atoms with Crippen LogP contribution in [0, 0.1) is 0 Å². The van der Waals surface area contributed by atoms with E-state index in [1.165, 1.54) is 35.0 Å². The average Bonchev–Trinajstić information content (AvgIpc) is 2.66. The molecule has 2 nitrogen and oxygen atoms in total. The van der Waals surface area contributed by atoms with E-state index in [0.29, 0.717) is 6.04 Å². The van der Waals surface area contributed by atoms with E-state index in [9.17, 15) is 0 Å². The van der Waals surface area contributed by atoms with Gasteiger partial charge in [0.15, 0.2) is 0 Å². The summed E-state index contributed by atoms with van der Waals surface area (Å²) >= 11 is 0. The van der Waals surface area contributed by atoms with Gasteiger partial charge in [-0.05, 0) is 31.5 Å². The van der Waals surface area contributed by atoms with Gasteiger partial charge in [0.1, 0.15) is 0 Å². The Balaban J connectivity index is 0.000000963. The van der Waals surface area contributed by atoms with Crippen molar-refractivity contribution in [3.8, 4) is 0 Å². The second-order valence-electron chi connectivity index (χ2n) is 4.36. The minimum Gasteiger partial charge on any atom is -0.358 e. The number of aromatic amines is 1. The van der Waals surface area contributed by atoms with Crippen molar-refractivity contribution in [1.82, 2.24) is 10.3 Å². The first-order chi connectivity index (χ1) is 7.38. The lowest BCUT2D eigenvalue weighted by atomic mass is 9.92. The Morgan fingerprint density at radius 3 is 2.94 bits per heavy atom. The smallest absolute Gasteiger partial charge is 0.0458 e.